The van der Waals surface area contributed by atoms with Gasteiger partial charge in [-0.2, -0.15) is 4.57 Å². The number of aliphatic hydroxyl groups excluding tert-OH is 1. The molecule has 0 radical (unpaired) electrons. The summed E-state index contributed by atoms with van der Waals surface area (Å²) in [4.78, 5) is 0.438. The van der Waals surface area contributed by atoms with Crippen LogP contribution in [0.4, 0.5) is 5.69 Å². The Balaban J connectivity index is 1.74. The van der Waals surface area contributed by atoms with Crippen molar-refractivity contribution in [2.45, 2.75) is 11.8 Å². The molecule has 1 aromatic heterocycles. The molecule has 4 rings (SSSR count). The van der Waals surface area contributed by atoms with Gasteiger partial charge in [-0.3, -0.25) is 0 Å². The molecule has 0 saturated heterocycles. The highest BCUT2D eigenvalue weighted by atomic mass is 32.2. The van der Waals surface area contributed by atoms with E-state index in [-0.39, 0.29) is 15.6 Å². The maximum Gasteiger partial charge on any atom is 0.288 e. The smallest absolute Gasteiger partial charge is 0.288 e. The summed E-state index contributed by atoms with van der Waals surface area (Å²) >= 11 is 5.68. The van der Waals surface area contributed by atoms with Gasteiger partial charge in [0, 0.05) is 35.2 Å². The minimum atomic E-state index is -3.35. The summed E-state index contributed by atoms with van der Waals surface area (Å²) in [6, 6.07) is 15.2. The van der Waals surface area contributed by atoms with Crippen LogP contribution in [0.25, 0.3) is 11.5 Å². The zero-order valence-corrected chi connectivity index (χ0v) is 19.7. The molecule has 0 amide bonds. The lowest BCUT2D eigenvalue weighted by Crippen LogP contribution is -2.38. The summed E-state index contributed by atoms with van der Waals surface area (Å²) in [7, 11) is -3.35. The summed E-state index contributed by atoms with van der Waals surface area (Å²) in [6.07, 6.45) is 4.76. The Labute approximate surface area is 197 Å². The number of aromatic nitrogens is 1. The molecule has 0 aliphatic carbocycles. The third-order valence-electron chi connectivity index (χ3n) is 5.00. The molecule has 1 aliphatic heterocycles. The van der Waals surface area contributed by atoms with Crippen molar-refractivity contribution in [3.05, 3.63) is 78.1 Å². The summed E-state index contributed by atoms with van der Waals surface area (Å²) in [5.41, 5.74) is 2.42. The second-order valence-electron chi connectivity index (χ2n) is 7.59. The Morgan fingerprint density at radius 1 is 1.06 bits per heavy atom. The van der Waals surface area contributed by atoms with E-state index in [1.807, 2.05) is 31.3 Å². The Bertz CT molecular complexity index is 1350. The summed E-state index contributed by atoms with van der Waals surface area (Å²) in [5, 5.41) is 14.4. The molecule has 2 N–H and O–H groups in total. The fourth-order valence-corrected chi connectivity index (χ4v) is 4.34. The van der Waals surface area contributed by atoms with E-state index >= 15 is 0 Å². The van der Waals surface area contributed by atoms with Gasteiger partial charge >= 0.3 is 0 Å². The van der Waals surface area contributed by atoms with Crippen LogP contribution in [0.15, 0.2) is 71.9 Å². The average molecular weight is 484 g/mol. The van der Waals surface area contributed by atoms with Crippen molar-refractivity contribution >= 4 is 44.2 Å². The number of sulfone groups is 1. The number of benzene rings is 2. The predicted molar refractivity (Wildman–Crippen MR) is 130 cm³/mol. The van der Waals surface area contributed by atoms with E-state index in [4.69, 9.17) is 21.7 Å². The maximum absolute atomic E-state index is 11.8. The van der Waals surface area contributed by atoms with Crippen LogP contribution in [0, 0.1) is 6.92 Å². The van der Waals surface area contributed by atoms with Crippen LogP contribution in [-0.2, 0) is 9.84 Å². The van der Waals surface area contributed by atoms with Crippen LogP contribution in [0.1, 0.15) is 11.1 Å². The third kappa shape index (κ3) is 5.15. The van der Waals surface area contributed by atoms with Crippen LogP contribution in [0.5, 0.6) is 11.5 Å². The highest BCUT2D eigenvalue weighted by Crippen LogP contribution is 2.33. The standard InChI is InChI=1S/C24H22N2O5S2/c1-16-4-3-11-26(15-16)22(23(27)17-5-8-19(9-6-17)33(2,28)29)24(32)25-18-7-10-20-21(14-18)31-13-12-30-20/h3-11,14-15H,12-13H2,1-2H3,(H-,25,27,32)/p+1. The van der Waals surface area contributed by atoms with E-state index in [1.54, 1.807) is 35.0 Å². The quantitative estimate of drug-likeness (QED) is 0.247. The molecule has 7 nitrogen and oxygen atoms in total. The van der Waals surface area contributed by atoms with Crippen molar-refractivity contribution in [2.24, 2.45) is 0 Å². The Morgan fingerprint density at radius 3 is 2.42 bits per heavy atom. The van der Waals surface area contributed by atoms with Gasteiger partial charge in [0.25, 0.3) is 5.70 Å². The van der Waals surface area contributed by atoms with Crippen molar-refractivity contribution in [1.82, 2.24) is 0 Å². The number of aryl methyl sites for hydroxylation is 1. The van der Waals surface area contributed by atoms with Crippen LogP contribution in [-0.4, -0.2) is 38.0 Å². The van der Waals surface area contributed by atoms with Crippen LogP contribution in [0.2, 0.25) is 0 Å². The molecular weight excluding hydrogens is 460 g/mol. The van der Waals surface area contributed by atoms with Crippen LogP contribution in [0.3, 0.4) is 0 Å². The summed E-state index contributed by atoms with van der Waals surface area (Å²) < 4.78 is 36.5. The molecule has 1 aliphatic rings. The normalized spacial score (nSPS) is 13.8. The molecule has 9 heteroatoms. The van der Waals surface area contributed by atoms with E-state index in [0.29, 0.717) is 41.7 Å². The number of thiocarbonyl (C=S) groups is 1. The van der Waals surface area contributed by atoms with Crippen molar-refractivity contribution in [3.8, 4) is 11.5 Å². The number of ether oxygens (including phenoxy) is 2. The number of rotatable bonds is 5. The first kappa shape index (κ1) is 22.8. The first-order chi connectivity index (χ1) is 15.7. The van der Waals surface area contributed by atoms with E-state index in [2.05, 4.69) is 5.32 Å². The maximum atomic E-state index is 11.8. The second kappa shape index (κ2) is 9.21. The number of nitrogens with one attached hydrogen (secondary N) is 1. The van der Waals surface area contributed by atoms with Crippen LogP contribution < -0.4 is 19.4 Å². The van der Waals surface area contributed by atoms with Gasteiger partial charge in [0.15, 0.2) is 44.5 Å². The van der Waals surface area contributed by atoms with Gasteiger partial charge in [-0.25, -0.2) is 8.42 Å². The number of fused-ring (bicyclic) bond motifs is 1. The minimum Gasteiger partial charge on any atom is -0.502 e. The monoisotopic (exact) mass is 483 g/mol. The van der Waals surface area contributed by atoms with Gasteiger partial charge in [-0.1, -0.05) is 12.2 Å². The molecule has 3 aromatic rings. The van der Waals surface area contributed by atoms with Gasteiger partial charge in [-0.15, -0.1) is 0 Å². The van der Waals surface area contributed by atoms with E-state index in [0.717, 1.165) is 11.8 Å². The average Bonchev–Trinajstić information content (AvgIpc) is 2.78. The second-order valence-corrected chi connectivity index (χ2v) is 10.0. The molecule has 33 heavy (non-hydrogen) atoms. The third-order valence-corrected chi connectivity index (χ3v) is 6.43. The van der Waals surface area contributed by atoms with Gasteiger partial charge in [0.05, 0.1) is 4.90 Å². The summed E-state index contributed by atoms with van der Waals surface area (Å²) in [6.45, 7) is 2.90. The number of nitrogens with zero attached hydrogens (tertiary/aromatic N) is 1. The molecule has 2 aromatic carbocycles. The molecule has 0 bridgehead atoms. The zero-order valence-electron chi connectivity index (χ0n) is 18.1. The molecule has 2 heterocycles. The first-order valence-corrected chi connectivity index (χ1v) is 12.5. The molecule has 170 valence electrons. The van der Waals surface area contributed by atoms with Crippen molar-refractivity contribution in [3.63, 3.8) is 0 Å². The highest BCUT2D eigenvalue weighted by Gasteiger charge is 2.25. The van der Waals surface area contributed by atoms with Gasteiger partial charge in [0.1, 0.15) is 13.2 Å². The number of pyridine rings is 1. The van der Waals surface area contributed by atoms with Crippen LogP contribution >= 0.6 is 12.2 Å². The number of aliphatic hydroxyl groups is 1. The van der Waals surface area contributed by atoms with Crippen molar-refractivity contribution in [2.75, 3.05) is 24.8 Å². The first-order valence-electron chi connectivity index (χ1n) is 10.2. The Kier molecular flexibility index (Phi) is 6.35. The molecule has 0 fully saturated rings. The van der Waals surface area contributed by atoms with Gasteiger partial charge in [0.2, 0.25) is 0 Å². The fourth-order valence-electron chi connectivity index (χ4n) is 3.39. The zero-order chi connectivity index (χ0) is 23.6. The van der Waals surface area contributed by atoms with Crippen molar-refractivity contribution < 1.29 is 27.6 Å². The lowest BCUT2D eigenvalue weighted by Gasteiger charge is -2.19. The molecule has 0 atom stereocenters. The highest BCUT2D eigenvalue weighted by molar-refractivity contribution is 7.90. The van der Waals surface area contributed by atoms with E-state index in [9.17, 15) is 13.5 Å². The molecule has 0 saturated carbocycles. The minimum absolute atomic E-state index is 0.0966. The summed E-state index contributed by atoms with van der Waals surface area (Å²) in [5.74, 6) is 1.18. The van der Waals surface area contributed by atoms with Gasteiger partial charge in [-0.05, 0) is 49.4 Å². The molecule has 0 spiro atoms. The number of hydrogen-bond donors (Lipinski definition) is 2. The fraction of sp³-hybridized carbons (Fsp3) is 0.167. The molecule has 0 unspecified atom stereocenters. The van der Waals surface area contributed by atoms with E-state index < -0.39 is 9.84 Å². The Morgan fingerprint density at radius 2 is 1.76 bits per heavy atom. The topological polar surface area (TPSA) is 88.7 Å². The van der Waals surface area contributed by atoms with E-state index in [1.165, 1.54) is 12.1 Å². The SMILES string of the molecule is Cc1ccc[n+](C(C(=S)Nc2ccc3c(c2)OCCO3)=C(O)c2ccc(S(C)(=O)=O)cc2)c1. The number of anilines is 1. The van der Waals surface area contributed by atoms with Crippen molar-refractivity contribution in [1.29, 1.82) is 0 Å². The predicted octanol–water partition coefficient (Wildman–Crippen LogP) is 3.78. The largest absolute Gasteiger partial charge is 0.502 e. The lowest BCUT2D eigenvalue weighted by atomic mass is 10.1. The molecular formula is C24H23N2O5S2+. The number of hydrogen-bond acceptors (Lipinski definition) is 6. The Hall–Kier alpha value is -3.43. The van der Waals surface area contributed by atoms with Gasteiger partial charge < -0.3 is 19.9 Å². The lowest BCUT2D eigenvalue weighted by molar-refractivity contribution is -0.576.